The zero-order valence-corrected chi connectivity index (χ0v) is 11.3. The molecule has 0 aromatic rings. The summed E-state index contributed by atoms with van der Waals surface area (Å²) in [6.07, 6.45) is 3.33. The standard InChI is InChI=1S/C13H25NO3/c1-4-5-8-17-13(15)10-14-7-6-11(2)12(9-14)16-3/h11-12H,4-10H2,1-3H3. The van der Waals surface area contributed by atoms with Crippen molar-refractivity contribution in [1.82, 2.24) is 4.90 Å². The quantitative estimate of drug-likeness (QED) is 0.525. The Morgan fingerprint density at radius 1 is 1.47 bits per heavy atom. The van der Waals surface area contributed by atoms with E-state index in [-0.39, 0.29) is 12.1 Å². The third-order valence-corrected chi connectivity index (χ3v) is 3.39. The number of methoxy groups -OCH3 is 1. The van der Waals surface area contributed by atoms with Crippen molar-refractivity contribution in [1.29, 1.82) is 0 Å². The average Bonchev–Trinajstić information content (AvgIpc) is 2.32. The molecule has 0 saturated carbocycles. The van der Waals surface area contributed by atoms with Gasteiger partial charge in [0.15, 0.2) is 0 Å². The van der Waals surface area contributed by atoms with Gasteiger partial charge in [0, 0.05) is 13.7 Å². The minimum atomic E-state index is -0.108. The van der Waals surface area contributed by atoms with Crippen LogP contribution in [0, 0.1) is 5.92 Å². The van der Waals surface area contributed by atoms with E-state index in [9.17, 15) is 4.79 Å². The Bertz CT molecular complexity index is 233. The Kier molecular flexibility index (Phi) is 6.52. The van der Waals surface area contributed by atoms with Crippen LogP contribution in [0.25, 0.3) is 0 Å². The van der Waals surface area contributed by atoms with E-state index in [1.807, 2.05) is 0 Å². The first-order valence-electron chi connectivity index (χ1n) is 6.58. The molecule has 4 nitrogen and oxygen atoms in total. The van der Waals surface area contributed by atoms with E-state index in [0.29, 0.717) is 19.1 Å². The van der Waals surface area contributed by atoms with E-state index in [1.165, 1.54) is 0 Å². The Morgan fingerprint density at radius 2 is 2.24 bits per heavy atom. The van der Waals surface area contributed by atoms with Crippen molar-refractivity contribution in [2.45, 2.75) is 39.2 Å². The molecule has 2 atom stereocenters. The van der Waals surface area contributed by atoms with Crippen LogP contribution in [0.5, 0.6) is 0 Å². The van der Waals surface area contributed by atoms with Crippen molar-refractivity contribution in [3.8, 4) is 0 Å². The number of rotatable bonds is 6. The predicted octanol–water partition coefficient (Wildman–Crippen LogP) is 1.69. The Morgan fingerprint density at radius 3 is 2.88 bits per heavy atom. The van der Waals surface area contributed by atoms with Crippen molar-refractivity contribution in [3.05, 3.63) is 0 Å². The minimum absolute atomic E-state index is 0.108. The topological polar surface area (TPSA) is 38.8 Å². The summed E-state index contributed by atoms with van der Waals surface area (Å²) in [5.41, 5.74) is 0. The summed E-state index contributed by atoms with van der Waals surface area (Å²) in [6.45, 7) is 7.03. The molecule has 1 aliphatic rings. The zero-order valence-electron chi connectivity index (χ0n) is 11.3. The van der Waals surface area contributed by atoms with Crippen molar-refractivity contribution < 1.29 is 14.3 Å². The van der Waals surface area contributed by atoms with Crippen LogP contribution in [0.4, 0.5) is 0 Å². The maximum Gasteiger partial charge on any atom is 0.320 e. The van der Waals surface area contributed by atoms with E-state index < -0.39 is 0 Å². The van der Waals surface area contributed by atoms with Crippen molar-refractivity contribution in [2.75, 3.05) is 33.4 Å². The SMILES string of the molecule is CCCCOC(=O)CN1CCC(C)C(OC)C1. The molecule has 0 bridgehead atoms. The monoisotopic (exact) mass is 243 g/mol. The smallest absolute Gasteiger partial charge is 0.320 e. The molecule has 1 heterocycles. The van der Waals surface area contributed by atoms with Gasteiger partial charge >= 0.3 is 5.97 Å². The number of hydrogen-bond donors (Lipinski definition) is 0. The summed E-state index contributed by atoms with van der Waals surface area (Å²) in [7, 11) is 1.74. The van der Waals surface area contributed by atoms with Crippen LogP contribution in [0.3, 0.4) is 0 Å². The molecule has 0 aliphatic carbocycles. The fourth-order valence-electron chi connectivity index (χ4n) is 2.11. The Hall–Kier alpha value is -0.610. The van der Waals surface area contributed by atoms with Gasteiger partial charge in [-0.25, -0.2) is 0 Å². The second-order valence-electron chi connectivity index (χ2n) is 4.85. The van der Waals surface area contributed by atoms with E-state index in [4.69, 9.17) is 9.47 Å². The van der Waals surface area contributed by atoms with Crippen LogP contribution >= 0.6 is 0 Å². The minimum Gasteiger partial charge on any atom is -0.465 e. The van der Waals surface area contributed by atoms with Crippen molar-refractivity contribution in [3.63, 3.8) is 0 Å². The highest BCUT2D eigenvalue weighted by atomic mass is 16.5. The van der Waals surface area contributed by atoms with Gasteiger partial charge < -0.3 is 9.47 Å². The maximum atomic E-state index is 11.6. The molecule has 4 heteroatoms. The summed E-state index contributed by atoms with van der Waals surface area (Å²) in [4.78, 5) is 13.7. The number of nitrogens with zero attached hydrogens (tertiary/aromatic N) is 1. The Labute approximate surface area is 104 Å². The third kappa shape index (κ3) is 5.04. The molecule has 1 saturated heterocycles. The lowest BCUT2D eigenvalue weighted by atomic mass is 9.96. The molecule has 0 aromatic carbocycles. The van der Waals surface area contributed by atoms with E-state index in [0.717, 1.165) is 32.4 Å². The number of carbonyl (C=O) groups excluding carboxylic acids is 1. The number of unbranched alkanes of at least 4 members (excludes halogenated alkanes) is 1. The molecule has 0 amide bonds. The highest BCUT2D eigenvalue weighted by Crippen LogP contribution is 2.19. The molecule has 0 radical (unpaired) electrons. The number of hydrogen-bond acceptors (Lipinski definition) is 4. The van der Waals surface area contributed by atoms with Crippen molar-refractivity contribution in [2.24, 2.45) is 5.92 Å². The van der Waals surface area contributed by atoms with Gasteiger partial charge in [-0.2, -0.15) is 0 Å². The van der Waals surface area contributed by atoms with Crippen LogP contribution in [-0.2, 0) is 14.3 Å². The first-order valence-corrected chi connectivity index (χ1v) is 6.58. The molecule has 1 aliphatic heterocycles. The normalized spacial score (nSPS) is 25.8. The largest absolute Gasteiger partial charge is 0.465 e. The van der Waals surface area contributed by atoms with E-state index >= 15 is 0 Å². The summed E-state index contributed by atoms with van der Waals surface area (Å²) in [5.74, 6) is 0.468. The number of esters is 1. The molecule has 0 spiro atoms. The van der Waals surface area contributed by atoms with Crippen LogP contribution < -0.4 is 0 Å². The number of piperidine rings is 1. The van der Waals surface area contributed by atoms with Gasteiger partial charge in [0.25, 0.3) is 0 Å². The predicted molar refractivity (Wildman–Crippen MR) is 66.9 cm³/mol. The lowest BCUT2D eigenvalue weighted by Gasteiger charge is -2.35. The fraction of sp³-hybridized carbons (Fsp3) is 0.923. The van der Waals surface area contributed by atoms with Gasteiger partial charge in [0.1, 0.15) is 0 Å². The van der Waals surface area contributed by atoms with E-state index in [1.54, 1.807) is 7.11 Å². The molecule has 2 unspecified atom stereocenters. The second kappa shape index (κ2) is 7.67. The summed E-state index contributed by atoms with van der Waals surface area (Å²) < 4.78 is 10.6. The molecule has 17 heavy (non-hydrogen) atoms. The highest BCUT2D eigenvalue weighted by molar-refractivity contribution is 5.71. The third-order valence-electron chi connectivity index (χ3n) is 3.39. The van der Waals surface area contributed by atoms with E-state index in [2.05, 4.69) is 18.7 Å². The van der Waals surface area contributed by atoms with Crippen LogP contribution in [0.1, 0.15) is 33.1 Å². The number of likely N-dealkylation sites (tertiary alicyclic amines) is 1. The molecule has 1 rings (SSSR count). The molecule has 0 aromatic heterocycles. The molecular weight excluding hydrogens is 218 g/mol. The summed E-state index contributed by atoms with van der Waals surface area (Å²) >= 11 is 0. The maximum absolute atomic E-state index is 11.6. The summed E-state index contributed by atoms with van der Waals surface area (Å²) in [6, 6.07) is 0. The Balaban J connectivity index is 2.24. The van der Waals surface area contributed by atoms with Gasteiger partial charge in [-0.1, -0.05) is 20.3 Å². The van der Waals surface area contributed by atoms with Gasteiger partial charge in [-0.3, -0.25) is 9.69 Å². The van der Waals surface area contributed by atoms with Crippen LogP contribution in [-0.4, -0.2) is 50.3 Å². The first-order chi connectivity index (χ1) is 8.17. The average molecular weight is 243 g/mol. The van der Waals surface area contributed by atoms with Crippen LogP contribution in [0.2, 0.25) is 0 Å². The number of ether oxygens (including phenoxy) is 2. The van der Waals surface area contributed by atoms with Gasteiger partial charge in [0.05, 0.1) is 19.3 Å². The lowest BCUT2D eigenvalue weighted by molar-refractivity contribution is -0.146. The molecule has 1 fully saturated rings. The second-order valence-corrected chi connectivity index (χ2v) is 4.85. The zero-order chi connectivity index (χ0) is 12.7. The van der Waals surface area contributed by atoms with Gasteiger partial charge in [-0.15, -0.1) is 0 Å². The van der Waals surface area contributed by atoms with Crippen molar-refractivity contribution >= 4 is 5.97 Å². The lowest BCUT2D eigenvalue weighted by Crippen LogP contribution is -2.46. The molecule has 100 valence electrons. The highest BCUT2D eigenvalue weighted by Gasteiger charge is 2.27. The molecular formula is C13H25NO3. The van der Waals surface area contributed by atoms with Gasteiger partial charge in [-0.05, 0) is 25.3 Å². The summed E-state index contributed by atoms with van der Waals surface area (Å²) in [5, 5.41) is 0. The molecule has 0 N–H and O–H groups in total. The van der Waals surface area contributed by atoms with Crippen LogP contribution in [0.15, 0.2) is 0 Å². The first kappa shape index (κ1) is 14.5. The number of carbonyl (C=O) groups is 1. The fourth-order valence-corrected chi connectivity index (χ4v) is 2.11. The van der Waals surface area contributed by atoms with Gasteiger partial charge in [0.2, 0.25) is 0 Å².